The number of benzene rings is 1. The van der Waals surface area contributed by atoms with Gasteiger partial charge in [-0.25, -0.2) is 9.59 Å². The summed E-state index contributed by atoms with van der Waals surface area (Å²) in [6.07, 6.45) is 9.28. The minimum atomic E-state index is -1.36. The van der Waals surface area contributed by atoms with Crippen LogP contribution in [0.5, 0.6) is 5.75 Å². The van der Waals surface area contributed by atoms with Crippen molar-refractivity contribution in [1.82, 2.24) is 20.4 Å². The van der Waals surface area contributed by atoms with E-state index in [2.05, 4.69) is 15.5 Å². The highest BCUT2D eigenvalue weighted by Gasteiger charge is 2.61. The molecule has 1 saturated carbocycles. The number of amides is 3. The molecule has 3 amide bonds. The van der Waals surface area contributed by atoms with Crippen molar-refractivity contribution in [3.63, 3.8) is 0 Å². The maximum Gasteiger partial charge on any atom is 0.408 e. The van der Waals surface area contributed by atoms with Gasteiger partial charge in [-0.15, -0.1) is 0 Å². The highest BCUT2D eigenvalue weighted by Crippen LogP contribution is 2.45. The van der Waals surface area contributed by atoms with E-state index < -0.39 is 41.2 Å². The quantitative estimate of drug-likeness (QED) is 0.420. The van der Waals surface area contributed by atoms with Crippen molar-refractivity contribution in [3.05, 3.63) is 42.5 Å². The Labute approximate surface area is 265 Å². The van der Waals surface area contributed by atoms with E-state index >= 15 is 0 Å². The summed E-state index contributed by atoms with van der Waals surface area (Å²) in [6.45, 7) is 7.12. The lowest BCUT2D eigenvalue weighted by atomic mass is 10.0. The number of piperidine rings is 1. The number of aliphatic carboxylic acids is 1. The van der Waals surface area contributed by atoms with Crippen molar-refractivity contribution in [2.75, 3.05) is 19.6 Å². The van der Waals surface area contributed by atoms with Gasteiger partial charge in [-0.1, -0.05) is 43.2 Å². The van der Waals surface area contributed by atoms with Crippen LogP contribution in [-0.2, 0) is 19.1 Å². The summed E-state index contributed by atoms with van der Waals surface area (Å²) in [7, 11) is 0. The van der Waals surface area contributed by atoms with Crippen molar-refractivity contribution < 1.29 is 33.8 Å². The Morgan fingerprint density at radius 1 is 1.04 bits per heavy atom. The molecular formula is C34H48N4O7. The molecule has 0 aromatic heterocycles. The summed E-state index contributed by atoms with van der Waals surface area (Å²) in [5.74, 6) is -1.30. The number of nitrogens with one attached hydrogen (secondary N) is 2. The van der Waals surface area contributed by atoms with Gasteiger partial charge in [0.1, 0.15) is 35.1 Å². The number of allylic oxidation sites excluding steroid dienone is 1. The summed E-state index contributed by atoms with van der Waals surface area (Å²) in [6, 6.07) is 7.96. The number of para-hydroxylation sites is 1. The van der Waals surface area contributed by atoms with Crippen LogP contribution >= 0.6 is 0 Å². The summed E-state index contributed by atoms with van der Waals surface area (Å²) in [5.41, 5.74) is -2.09. The third kappa shape index (κ3) is 8.17. The summed E-state index contributed by atoms with van der Waals surface area (Å²) in [4.78, 5) is 57.1. The lowest BCUT2D eigenvalue weighted by Gasteiger charge is -2.36. The minimum absolute atomic E-state index is 0.0816. The van der Waals surface area contributed by atoms with Gasteiger partial charge in [0, 0.05) is 31.6 Å². The van der Waals surface area contributed by atoms with E-state index in [-0.39, 0.29) is 24.0 Å². The minimum Gasteiger partial charge on any atom is -0.490 e. The normalized spacial score (nSPS) is 31.0. The second-order valence-electron chi connectivity index (χ2n) is 13.9. The van der Waals surface area contributed by atoms with Gasteiger partial charge in [0.2, 0.25) is 11.8 Å². The smallest absolute Gasteiger partial charge is 0.408 e. The molecule has 4 aliphatic rings. The molecule has 11 heteroatoms. The second kappa shape index (κ2) is 13.8. The Morgan fingerprint density at radius 2 is 1.78 bits per heavy atom. The predicted molar refractivity (Wildman–Crippen MR) is 168 cm³/mol. The predicted octanol–water partition coefficient (Wildman–Crippen LogP) is 3.87. The molecule has 2 saturated heterocycles. The number of ether oxygens (including phenoxy) is 2. The van der Waals surface area contributed by atoms with Crippen molar-refractivity contribution in [1.29, 1.82) is 0 Å². The van der Waals surface area contributed by atoms with E-state index in [9.17, 15) is 24.3 Å². The zero-order chi connectivity index (χ0) is 32.2. The van der Waals surface area contributed by atoms with Crippen LogP contribution in [0, 0.1) is 5.92 Å². The van der Waals surface area contributed by atoms with Crippen LogP contribution in [-0.4, -0.2) is 93.8 Å². The van der Waals surface area contributed by atoms with Crippen LogP contribution in [0.3, 0.4) is 0 Å². The molecule has 3 fully saturated rings. The molecule has 45 heavy (non-hydrogen) atoms. The number of hydrogen-bond donors (Lipinski definition) is 3. The lowest BCUT2D eigenvalue weighted by molar-refractivity contribution is -0.145. The zero-order valence-corrected chi connectivity index (χ0v) is 26.7. The Kier molecular flexibility index (Phi) is 10.1. The first kappa shape index (κ1) is 32.8. The molecule has 0 radical (unpaired) electrons. The fourth-order valence-corrected chi connectivity index (χ4v) is 6.84. The molecule has 246 valence electrons. The molecule has 0 spiro atoms. The molecule has 4 unspecified atom stereocenters. The number of fused-ring (bicyclic) bond motifs is 2. The Bertz CT molecular complexity index is 1260. The average molecular weight is 625 g/mol. The summed E-state index contributed by atoms with van der Waals surface area (Å²) in [5, 5.41) is 15.7. The molecule has 5 atom stereocenters. The number of carboxylic acids is 1. The molecular weight excluding hydrogens is 576 g/mol. The molecule has 1 aromatic carbocycles. The van der Waals surface area contributed by atoms with Crippen LogP contribution in [0.4, 0.5) is 4.79 Å². The molecule has 3 aliphatic heterocycles. The molecule has 3 heterocycles. The van der Waals surface area contributed by atoms with Gasteiger partial charge in [-0.3, -0.25) is 14.5 Å². The first-order valence-electron chi connectivity index (χ1n) is 16.4. The van der Waals surface area contributed by atoms with Gasteiger partial charge in [0.15, 0.2) is 0 Å². The van der Waals surface area contributed by atoms with E-state index in [1.807, 2.05) is 42.5 Å². The highest BCUT2D eigenvalue weighted by atomic mass is 16.6. The van der Waals surface area contributed by atoms with Crippen LogP contribution in [0.25, 0.3) is 0 Å². The second-order valence-corrected chi connectivity index (χ2v) is 13.9. The third-order valence-corrected chi connectivity index (χ3v) is 9.37. The van der Waals surface area contributed by atoms with Gasteiger partial charge >= 0.3 is 12.1 Å². The van der Waals surface area contributed by atoms with Gasteiger partial charge in [-0.2, -0.15) is 0 Å². The molecule has 1 aromatic rings. The van der Waals surface area contributed by atoms with Crippen LogP contribution < -0.4 is 15.4 Å². The molecule has 5 rings (SSSR count). The third-order valence-electron chi connectivity index (χ3n) is 9.37. The maximum absolute atomic E-state index is 14.2. The van der Waals surface area contributed by atoms with Gasteiger partial charge in [0.25, 0.3) is 0 Å². The van der Waals surface area contributed by atoms with Crippen molar-refractivity contribution >= 4 is 23.9 Å². The molecule has 1 aliphatic carbocycles. The Hall–Kier alpha value is -3.60. The van der Waals surface area contributed by atoms with Crippen LogP contribution in [0.2, 0.25) is 0 Å². The number of carboxylic acid groups (broad SMARTS) is 1. The van der Waals surface area contributed by atoms with E-state index in [1.165, 1.54) is 0 Å². The van der Waals surface area contributed by atoms with Gasteiger partial charge in [-0.05, 0) is 77.8 Å². The number of carbonyl (C=O) groups excluding carboxylic acids is 3. The van der Waals surface area contributed by atoms with E-state index in [0.717, 1.165) is 50.9 Å². The van der Waals surface area contributed by atoms with Gasteiger partial charge < -0.3 is 30.1 Å². The number of nitrogens with zero attached hydrogens (tertiary/aromatic N) is 2. The number of rotatable bonds is 5. The van der Waals surface area contributed by atoms with Gasteiger partial charge in [0.05, 0.1) is 0 Å². The van der Waals surface area contributed by atoms with E-state index in [0.29, 0.717) is 32.2 Å². The monoisotopic (exact) mass is 624 g/mol. The number of carbonyl (C=O) groups is 4. The fraction of sp³-hybridized carbons (Fsp3) is 0.647. The standard InChI is InChI=1S/C34H48N4O7/c1-33(2,3)45-32(43)35-27-15-11-6-4-5-8-12-23-21-34(23,31(41)42)36-29(39)28-20-24(22-38(28)30(27)40)37-18-16-26(17-19-37)44-25-13-9-7-10-14-25/h7-10,12-14,23-24,26-28H,4-6,11,15-22H2,1-3H3,(H,35,43)(H,36,39)(H,41,42)/b12-8+/t23?,24-,27?,28?,34?/m1/s1. The highest BCUT2D eigenvalue weighted by molar-refractivity contribution is 5.96. The topological polar surface area (TPSA) is 138 Å². The Morgan fingerprint density at radius 3 is 2.47 bits per heavy atom. The van der Waals surface area contributed by atoms with Crippen molar-refractivity contribution in [2.24, 2.45) is 5.92 Å². The largest absolute Gasteiger partial charge is 0.490 e. The van der Waals surface area contributed by atoms with Crippen LogP contribution in [0.1, 0.15) is 78.6 Å². The first-order valence-corrected chi connectivity index (χ1v) is 16.4. The number of likely N-dealkylation sites (tertiary alicyclic amines) is 1. The fourth-order valence-electron chi connectivity index (χ4n) is 6.84. The maximum atomic E-state index is 14.2. The average Bonchev–Trinajstić information content (AvgIpc) is 3.50. The molecule has 0 bridgehead atoms. The van der Waals surface area contributed by atoms with Crippen molar-refractivity contribution in [3.8, 4) is 5.75 Å². The number of alkyl carbamates (subject to hydrolysis) is 1. The van der Waals surface area contributed by atoms with Crippen molar-refractivity contribution in [2.45, 2.75) is 114 Å². The first-order chi connectivity index (χ1) is 21.4. The number of hydrogen-bond acceptors (Lipinski definition) is 7. The zero-order valence-electron chi connectivity index (χ0n) is 26.7. The van der Waals surface area contributed by atoms with E-state index in [4.69, 9.17) is 9.47 Å². The summed E-state index contributed by atoms with van der Waals surface area (Å²) >= 11 is 0. The SMILES string of the molecule is CC(C)(C)OC(=O)NC1CCCCC/C=C/C2CC2(C(=O)O)NC(=O)C2C[C@@H](N3CCC(Oc4ccccc4)CC3)CN2C1=O. The molecule has 11 nitrogen and oxygen atoms in total. The summed E-state index contributed by atoms with van der Waals surface area (Å²) < 4.78 is 11.7. The lowest BCUT2D eigenvalue weighted by Crippen LogP contribution is -2.56. The Balaban J connectivity index is 1.34. The van der Waals surface area contributed by atoms with Crippen LogP contribution in [0.15, 0.2) is 42.5 Å². The van der Waals surface area contributed by atoms with E-state index in [1.54, 1.807) is 25.7 Å². The molecule has 3 N–H and O–H groups in total.